The van der Waals surface area contributed by atoms with E-state index in [0.29, 0.717) is 16.9 Å². The van der Waals surface area contributed by atoms with E-state index in [4.69, 9.17) is 9.47 Å². The molecule has 0 amide bonds. The van der Waals surface area contributed by atoms with Gasteiger partial charge in [-0.15, -0.1) is 0 Å². The number of ether oxygens (including phenoxy) is 2. The highest BCUT2D eigenvalue weighted by molar-refractivity contribution is 5.98. The van der Waals surface area contributed by atoms with Crippen molar-refractivity contribution in [1.29, 1.82) is 0 Å². The molecule has 0 aliphatic carbocycles. The van der Waals surface area contributed by atoms with Gasteiger partial charge in [0.25, 0.3) is 0 Å². The molecule has 3 rings (SSSR count). The molecule has 3 aromatic rings. The Morgan fingerprint density at radius 3 is 1.67 bits per heavy atom. The van der Waals surface area contributed by atoms with E-state index in [2.05, 4.69) is 44.2 Å². The molecule has 0 N–H and O–H groups in total. The summed E-state index contributed by atoms with van der Waals surface area (Å²) in [6.07, 6.45) is 17.6. The van der Waals surface area contributed by atoms with E-state index in [1.165, 1.54) is 94.2 Å². The van der Waals surface area contributed by atoms with Crippen LogP contribution in [0.2, 0.25) is 0 Å². The van der Waals surface area contributed by atoms with Crippen molar-refractivity contribution in [2.45, 2.75) is 117 Å². The Bertz CT molecular complexity index is 1290. The van der Waals surface area contributed by atoms with Crippen molar-refractivity contribution in [3.63, 3.8) is 0 Å². The van der Waals surface area contributed by atoms with Crippen LogP contribution in [0.3, 0.4) is 0 Å². The van der Waals surface area contributed by atoms with Crippen molar-refractivity contribution >= 4 is 11.8 Å². The van der Waals surface area contributed by atoms with Gasteiger partial charge in [-0.25, -0.2) is 4.79 Å². The zero-order valence-electron chi connectivity index (χ0n) is 27.0. The van der Waals surface area contributed by atoms with Crippen LogP contribution in [0.15, 0.2) is 60.7 Å². The normalized spacial score (nSPS) is 11.0. The minimum absolute atomic E-state index is 0.0728. The fraction of sp³-hybridized carbons (Fsp3) is 0.487. The molecule has 4 nitrogen and oxygen atoms in total. The lowest BCUT2D eigenvalue weighted by atomic mass is 9.96. The monoisotopic (exact) mass is 584 g/mol. The van der Waals surface area contributed by atoms with Gasteiger partial charge in [0.2, 0.25) is 0 Å². The smallest absolute Gasteiger partial charge is 0.343 e. The number of benzene rings is 3. The Morgan fingerprint density at radius 1 is 0.605 bits per heavy atom. The average Bonchev–Trinajstić information content (AvgIpc) is 3.01. The highest BCUT2D eigenvalue weighted by Gasteiger charge is 2.15. The van der Waals surface area contributed by atoms with Crippen LogP contribution >= 0.6 is 0 Å². The van der Waals surface area contributed by atoms with Crippen LogP contribution in [0.5, 0.6) is 11.5 Å². The standard InChI is InChI=1S/C39H52O4/c1-5-7-9-11-13-15-18-34-27-31(22-24-37(34)42-4)26-32-23-25-38(35(28-32)19-16-14-12-10-8-6-2)43-39(41)36-21-17-20-33(29-36)30(3)40/h17,20-25,27-29H,5-16,18-19,26H2,1-4H3. The van der Waals surface area contributed by atoms with Crippen molar-refractivity contribution < 1.29 is 19.1 Å². The molecule has 0 spiro atoms. The fourth-order valence-electron chi connectivity index (χ4n) is 5.63. The molecule has 43 heavy (non-hydrogen) atoms. The minimum Gasteiger partial charge on any atom is -0.496 e. The Morgan fingerprint density at radius 2 is 1.12 bits per heavy atom. The SMILES string of the molecule is CCCCCCCCc1cc(Cc2ccc(OC(=O)c3cccc(C(C)=O)c3)c(CCCCCCCC)c2)ccc1OC. The molecule has 0 unspecified atom stereocenters. The Hall–Kier alpha value is -3.40. The van der Waals surface area contributed by atoms with Gasteiger partial charge in [-0.2, -0.15) is 0 Å². The van der Waals surface area contributed by atoms with Crippen LogP contribution in [0.25, 0.3) is 0 Å². The maximum Gasteiger partial charge on any atom is 0.343 e. The second-order valence-corrected chi connectivity index (χ2v) is 11.8. The molecule has 0 aliphatic rings. The molecule has 0 saturated carbocycles. The zero-order valence-corrected chi connectivity index (χ0v) is 27.0. The van der Waals surface area contributed by atoms with Gasteiger partial charge in [-0.1, -0.05) is 114 Å². The number of methoxy groups -OCH3 is 1. The molecule has 4 heteroatoms. The van der Waals surface area contributed by atoms with E-state index in [-0.39, 0.29) is 5.78 Å². The van der Waals surface area contributed by atoms with Crippen LogP contribution in [-0.4, -0.2) is 18.9 Å². The number of carbonyl (C=O) groups is 2. The van der Waals surface area contributed by atoms with Crippen molar-refractivity contribution in [3.8, 4) is 11.5 Å². The Kier molecular flexibility index (Phi) is 15.1. The van der Waals surface area contributed by atoms with Crippen molar-refractivity contribution in [2.24, 2.45) is 0 Å². The number of unbranched alkanes of at least 4 members (excludes halogenated alkanes) is 10. The number of hydrogen-bond donors (Lipinski definition) is 0. The van der Waals surface area contributed by atoms with Crippen molar-refractivity contribution in [2.75, 3.05) is 7.11 Å². The first kappa shape index (κ1) is 34.1. The van der Waals surface area contributed by atoms with Gasteiger partial charge < -0.3 is 9.47 Å². The third kappa shape index (κ3) is 11.7. The number of esters is 1. The van der Waals surface area contributed by atoms with Crippen LogP contribution in [0.4, 0.5) is 0 Å². The minimum atomic E-state index is -0.436. The predicted molar refractivity (Wildman–Crippen MR) is 178 cm³/mol. The number of aryl methyl sites for hydroxylation is 2. The van der Waals surface area contributed by atoms with Crippen LogP contribution in [0.1, 0.15) is 141 Å². The van der Waals surface area contributed by atoms with Gasteiger partial charge >= 0.3 is 5.97 Å². The first-order valence-corrected chi connectivity index (χ1v) is 16.6. The summed E-state index contributed by atoms with van der Waals surface area (Å²) in [5.74, 6) is 1.07. The highest BCUT2D eigenvalue weighted by atomic mass is 16.5. The Labute approximate surface area is 260 Å². The summed E-state index contributed by atoms with van der Waals surface area (Å²) in [5.41, 5.74) is 5.70. The van der Waals surface area contributed by atoms with E-state index in [9.17, 15) is 9.59 Å². The summed E-state index contributed by atoms with van der Waals surface area (Å²) in [4.78, 5) is 24.9. The second kappa shape index (κ2) is 19.0. The molecule has 3 aromatic carbocycles. The molecule has 0 fully saturated rings. The van der Waals surface area contributed by atoms with Gasteiger partial charge in [-0.3, -0.25) is 4.79 Å². The molecule has 0 heterocycles. The number of rotatable bonds is 20. The van der Waals surface area contributed by atoms with E-state index in [1.807, 2.05) is 6.07 Å². The topological polar surface area (TPSA) is 52.6 Å². The number of hydrogen-bond acceptors (Lipinski definition) is 4. The first-order valence-electron chi connectivity index (χ1n) is 16.6. The molecular formula is C39H52O4. The molecule has 0 radical (unpaired) electrons. The lowest BCUT2D eigenvalue weighted by Gasteiger charge is -2.14. The summed E-state index contributed by atoms with van der Waals surface area (Å²) in [6, 6.07) is 19.5. The molecule has 0 saturated heterocycles. The summed E-state index contributed by atoms with van der Waals surface area (Å²) in [6.45, 7) is 5.99. The number of ketones is 1. The molecule has 0 bridgehead atoms. The zero-order chi connectivity index (χ0) is 30.9. The highest BCUT2D eigenvalue weighted by Crippen LogP contribution is 2.28. The maximum atomic E-state index is 13.1. The third-order valence-electron chi connectivity index (χ3n) is 8.18. The molecule has 0 aliphatic heterocycles. The quantitative estimate of drug-likeness (QED) is 0.0574. The number of Topliss-reactive ketones (excluding diaryl/α,β-unsaturated/α-hetero) is 1. The van der Waals surface area contributed by atoms with E-state index >= 15 is 0 Å². The number of carbonyl (C=O) groups excluding carboxylic acids is 2. The summed E-state index contributed by atoms with van der Waals surface area (Å²) < 4.78 is 11.6. The van der Waals surface area contributed by atoms with Crippen LogP contribution in [-0.2, 0) is 19.3 Å². The maximum absolute atomic E-state index is 13.1. The third-order valence-corrected chi connectivity index (χ3v) is 8.18. The van der Waals surface area contributed by atoms with E-state index in [0.717, 1.165) is 37.0 Å². The van der Waals surface area contributed by atoms with Gasteiger partial charge in [0.1, 0.15) is 11.5 Å². The van der Waals surface area contributed by atoms with Crippen molar-refractivity contribution in [3.05, 3.63) is 94.0 Å². The fourth-order valence-corrected chi connectivity index (χ4v) is 5.63. The van der Waals surface area contributed by atoms with E-state index in [1.54, 1.807) is 31.4 Å². The van der Waals surface area contributed by atoms with Crippen molar-refractivity contribution in [1.82, 2.24) is 0 Å². The molecule has 232 valence electrons. The average molecular weight is 585 g/mol. The molecule has 0 atom stereocenters. The van der Waals surface area contributed by atoms with Gasteiger partial charge in [0, 0.05) is 5.56 Å². The lowest BCUT2D eigenvalue weighted by Crippen LogP contribution is -2.11. The second-order valence-electron chi connectivity index (χ2n) is 11.8. The molecular weight excluding hydrogens is 532 g/mol. The first-order chi connectivity index (χ1) is 20.9. The van der Waals surface area contributed by atoms with E-state index < -0.39 is 5.97 Å². The summed E-state index contributed by atoms with van der Waals surface area (Å²) >= 11 is 0. The predicted octanol–water partition coefficient (Wildman–Crippen LogP) is 10.5. The largest absolute Gasteiger partial charge is 0.496 e. The van der Waals surface area contributed by atoms with Gasteiger partial charge in [-0.05, 0) is 85.5 Å². The summed E-state index contributed by atoms with van der Waals surface area (Å²) in [7, 11) is 1.75. The lowest BCUT2D eigenvalue weighted by molar-refractivity contribution is 0.0733. The van der Waals surface area contributed by atoms with Crippen LogP contribution < -0.4 is 9.47 Å². The Balaban J connectivity index is 1.75. The van der Waals surface area contributed by atoms with Gasteiger partial charge in [0.15, 0.2) is 5.78 Å². The summed E-state index contributed by atoms with van der Waals surface area (Å²) in [5, 5.41) is 0. The van der Waals surface area contributed by atoms with Crippen LogP contribution in [0, 0.1) is 0 Å². The molecule has 0 aromatic heterocycles. The van der Waals surface area contributed by atoms with Gasteiger partial charge in [0.05, 0.1) is 12.7 Å².